The third kappa shape index (κ3) is 16.5. The number of nitrogens with zero attached hydrogens (tertiary/aromatic N) is 3. The summed E-state index contributed by atoms with van der Waals surface area (Å²) in [6, 6.07) is 16.8. The molecule has 17 nitrogen and oxygen atoms in total. The fourth-order valence-corrected chi connectivity index (χ4v) is 8.53. The van der Waals surface area contributed by atoms with Crippen LogP contribution in [0.4, 0.5) is 0 Å². The molecule has 2 aliphatic rings. The number of primary amides is 1. The second-order valence-electron chi connectivity index (χ2n) is 18.2. The Kier molecular flexibility index (Phi) is 19.2. The molecular formula is C48H67N7O10. The molecule has 2 fully saturated rings. The Balaban J connectivity index is 1.40. The number of hydrogen-bond donors (Lipinski definition) is 4. The van der Waals surface area contributed by atoms with Crippen LogP contribution in [0, 0.1) is 11.8 Å². The second kappa shape index (κ2) is 24.7. The van der Waals surface area contributed by atoms with Gasteiger partial charge in [-0.25, -0.2) is 14.6 Å². The zero-order valence-corrected chi connectivity index (χ0v) is 38.4. The summed E-state index contributed by atoms with van der Waals surface area (Å²) in [5.74, 6) is -3.52. The van der Waals surface area contributed by atoms with E-state index >= 15 is 0 Å². The molecule has 0 bridgehead atoms. The van der Waals surface area contributed by atoms with Gasteiger partial charge in [0, 0.05) is 24.0 Å². The number of ether oxygens (including phenoxy) is 4. The molecule has 17 heteroatoms. The van der Waals surface area contributed by atoms with Gasteiger partial charge in [0.15, 0.2) is 0 Å². The van der Waals surface area contributed by atoms with Crippen molar-refractivity contribution in [1.29, 1.82) is 0 Å². The Bertz CT molecular complexity index is 2060. The average Bonchev–Trinajstić information content (AvgIpc) is 3.26. The fourth-order valence-electron chi connectivity index (χ4n) is 8.53. The zero-order chi connectivity index (χ0) is 46.9. The summed E-state index contributed by atoms with van der Waals surface area (Å²) in [5, 5.41) is 9.64. The molecule has 65 heavy (non-hydrogen) atoms. The number of benzene rings is 2. The molecule has 4 amide bonds. The van der Waals surface area contributed by atoms with Gasteiger partial charge in [-0.3, -0.25) is 24.1 Å². The lowest BCUT2D eigenvalue weighted by molar-refractivity contribution is -0.162. The highest BCUT2D eigenvalue weighted by Crippen LogP contribution is 2.40. The van der Waals surface area contributed by atoms with Gasteiger partial charge in [0.25, 0.3) is 5.91 Å². The van der Waals surface area contributed by atoms with Crippen LogP contribution in [0.15, 0.2) is 66.7 Å². The number of nitrogens with one attached hydrogen (secondary N) is 3. The maximum atomic E-state index is 14.4. The number of hydrogen-bond acceptors (Lipinski definition) is 13. The highest BCUT2D eigenvalue weighted by Gasteiger charge is 2.45. The summed E-state index contributed by atoms with van der Waals surface area (Å²) in [5.41, 5.74) is 6.50. The predicted octanol–water partition coefficient (Wildman–Crippen LogP) is 2.78. The highest BCUT2D eigenvalue weighted by molar-refractivity contribution is 5.99. The van der Waals surface area contributed by atoms with Gasteiger partial charge >= 0.3 is 11.9 Å². The highest BCUT2D eigenvalue weighted by atomic mass is 16.6. The molecule has 3 aromatic rings. The molecule has 1 saturated carbocycles. The minimum atomic E-state index is -1.43. The van der Waals surface area contributed by atoms with Gasteiger partial charge < -0.3 is 45.5 Å². The van der Waals surface area contributed by atoms with Gasteiger partial charge in [-0.05, 0) is 90.2 Å². The van der Waals surface area contributed by atoms with Crippen LogP contribution in [0.25, 0.3) is 10.9 Å². The summed E-state index contributed by atoms with van der Waals surface area (Å²) >= 11 is 0. The smallest absolute Gasteiger partial charge is 0.332 e. The number of para-hydroxylation sites is 1. The number of carbonyl (C=O) groups excluding carboxylic acids is 6. The van der Waals surface area contributed by atoms with E-state index in [4.69, 9.17) is 24.7 Å². The lowest BCUT2D eigenvalue weighted by atomic mass is 9.70. The van der Waals surface area contributed by atoms with Gasteiger partial charge in [-0.2, -0.15) is 0 Å². The van der Waals surface area contributed by atoms with E-state index in [0.717, 1.165) is 43.1 Å². The molecule has 2 aromatic carbocycles. The zero-order valence-electron chi connectivity index (χ0n) is 38.4. The number of likely N-dealkylation sites (tertiary alicyclic amines) is 1. The van der Waals surface area contributed by atoms with Crippen molar-refractivity contribution in [2.75, 3.05) is 66.8 Å². The quantitative estimate of drug-likeness (QED) is 0.0796. The number of esters is 2. The van der Waals surface area contributed by atoms with Crippen LogP contribution in [-0.2, 0) is 49.3 Å². The summed E-state index contributed by atoms with van der Waals surface area (Å²) in [4.78, 5) is 89.4. The van der Waals surface area contributed by atoms with E-state index in [1.54, 1.807) is 18.2 Å². The fraction of sp³-hybridized carbons (Fsp3) is 0.562. The number of pyridine rings is 1. The van der Waals surface area contributed by atoms with Gasteiger partial charge in [0.2, 0.25) is 17.7 Å². The predicted molar refractivity (Wildman–Crippen MR) is 243 cm³/mol. The summed E-state index contributed by atoms with van der Waals surface area (Å²) in [6.07, 6.45) is 3.32. The number of nitrogens with two attached hydrogens (primary N) is 1. The summed E-state index contributed by atoms with van der Waals surface area (Å²) in [6.45, 7) is 6.64. The van der Waals surface area contributed by atoms with E-state index in [1.165, 1.54) is 6.07 Å². The Hall–Kier alpha value is -5.49. The van der Waals surface area contributed by atoms with Gasteiger partial charge in [0.05, 0.1) is 37.2 Å². The number of likely N-dealkylation sites (N-methyl/N-ethyl adjacent to an activating group) is 1. The van der Waals surface area contributed by atoms with Crippen molar-refractivity contribution < 1.29 is 47.7 Å². The molecule has 354 valence electrons. The molecule has 6 unspecified atom stereocenters. The first kappa shape index (κ1) is 50.5. The van der Waals surface area contributed by atoms with Crippen molar-refractivity contribution in [3.8, 4) is 0 Å². The topological polar surface area (TPSA) is 221 Å². The number of piperidine rings is 1. The minimum Gasteiger partial charge on any atom is -0.462 e. The normalized spacial score (nSPS) is 19.0. The lowest BCUT2D eigenvalue weighted by Gasteiger charge is -2.48. The van der Waals surface area contributed by atoms with E-state index in [2.05, 4.69) is 20.9 Å². The van der Waals surface area contributed by atoms with E-state index in [0.29, 0.717) is 31.1 Å². The van der Waals surface area contributed by atoms with Crippen molar-refractivity contribution in [3.63, 3.8) is 0 Å². The first-order valence-corrected chi connectivity index (χ1v) is 22.6. The Labute approximate surface area is 381 Å². The minimum absolute atomic E-state index is 0.0145. The van der Waals surface area contributed by atoms with Gasteiger partial charge in [-0.1, -0.05) is 73.9 Å². The second-order valence-corrected chi connectivity index (χ2v) is 18.2. The first-order chi connectivity index (χ1) is 31.1. The van der Waals surface area contributed by atoms with E-state index < -0.39 is 79.1 Å². The first-order valence-electron chi connectivity index (χ1n) is 22.6. The number of fused-ring (bicyclic) bond motifs is 2. The van der Waals surface area contributed by atoms with Crippen molar-refractivity contribution >= 4 is 46.5 Å². The standard InChI is InChI=1S/C48H67N7O10/c1-48(2,3)53-47(61)44-35-17-11-9-15-33(35)21-22-55(44)29-40(65-43(58)31-63-30-42(57)64-26-25-62-24-23-54(4)5)38(27-32-13-7-6-8-14-32)51-46(60)39(28-41(49)56)52-45(59)37-20-19-34-16-10-12-18-36(34)50-37/h6-8,10,12-14,16,18-20,33,35,38-40,44H,9,11,15,17,21-31H2,1-5H3,(H2,49,56)(H,51,60)(H,52,59)(H,53,61). The summed E-state index contributed by atoms with van der Waals surface area (Å²) in [7, 11) is 3.85. The van der Waals surface area contributed by atoms with Crippen molar-refractivity contribution in [1.82, 2.24) is 30.7 Å². The molecule has 2 heterocycles. The van der Waals surface area contributed by atoms with Crippen molar-refractivity contribution in [2.45, 2.75) is 95.5 Å². The molecule has 1 saturated heterocycles. The summed E-state index contributed by atoms with van der Waals surface area (Å²) < 4.78 is 22.3. The van der Waals surface area contributed by atoms with Gasteiger partial charge in [0.1, 0.15) is 37.7 Å². The number of aromatic nitrogens is 1. The molecule has 6 atom stereocenters. The monoisotopic (exact) mass is 901 g/mol. The molecule has 5 rings (SSSR count). The third-order valence-electron chi connectivity index (χ3n) is 11.6. The Morgan fingerprint density at radius 1 is 0.846 bits per heavy atom. The van der Waals surface area contributed by atoms with E-state index in [9.17, 15) is 28.8 Å². The van der Waals surface area contributed by atoms with Crippen LogP contribution < -0.4 is 21.7 Å². The van der Waals surface area contributed by atoms with Crippen molar-refractivity contribution in [3.05, 3.63) is 78.0 Å². The Morgan fingerprint density at radius 2 is 1.57 bits per heavy atom. The number of amides is 4. The van der Waals surface area contributed by atoms with E-state index in [1.807, 2.05) is 87.1 Å². The maximum absolute atomic E-state index is 14.4. The maximum Gasteiger partial charge on any atom is 0.332 e. The Morgan fingerprint density at radius 3 is 2.31 bits per heavy atom. The van der Waals surface area contributed by atoms with Crippen LogP contribution in [0.1, 0.15) is 75.3 Å². The van der Waals surface area contributed by atoms with Crippen LogP contribution >= 0.6 is 0 Å². The average molecular weight is 902 g/mol. The third-order valence-corrected chi connectivity index (χ3v) is 11.6. The van der Waals surface area contributed by atoms with E-state index in [-0.39, 0.29) is 43.7 Å². The molecular weight excluding hydrogens is 835 g/mol. The van der Waals surface area contributed by atoms with Crippen LogP contribution in [-0.4, -0.2) is 147 Å². The van der Waals surface area contributed by atoms with Crippen LogP contribution in [0.2, 0.25) is 0 Å². The molecule has 0 spiro atoms. The van der Waals surface area contributed by atoms with Crippen molar-refractivity contribution in [2.24, 2.45) is 17.6 Å². The van der Waals surface area contributed by atoms with Gasteiger partial charge in [-0.15, -0.1) is 0 Å². The molecule has 1 aliphatic heterocycles. The number of rotatable bonds is 23. The molecule has 5 N–H and O–H groups in total. The lowest BCUT2D eigenvalue weighted by Crippen LogP contribution is -2.63. The van der Waals surface area contributed by atoms with Crippen LogP contribution in [0.5, 0.6) is 0 Å². The SMILES string of the molecule is CN(C)CCOCCOC(=O)COCC(=O)OC(CN1CCC2CCCCC2C1C(=O)NC(C)(C)C)C(Cc1ccccc1)NC(=O)C(CC(N)=O)NC(=O)c1ccc2ccccc2n1. The number of carbonyl (C=O) groups is 6. The molecule has 0 radical (unpaired) electrons. The molecule has 1 aromatic heterocycles. The molecule has 1 aliphatic carbocycles. The van der Waals surface area contributed by atoms with Crippen LogP contribution in [0.3, 0.4) is 0 Å². The largest absolute Gasteiger partial charge is 0.462 e.